The molecule has 33 heavy (non-hydrogen) atoms. The summed E-state index contributed by atoms with van der Waals surface area (Å²) in [5.74, 6) is -0.160. The summed E-state index contributed by atoms with van der Waals surface area (Å²) in [6, 6.07) is 16.5. The van der Waals surface area contributed by atoms with Crippen LogP contribution >= 0.6 is 39.1 Å². The molecule has 0 unspecified atom stereocenters. The number of nitrogens with zero attached hydrogens (tertiary/aromatic N) is 2. The zero-order chi connectivity index (χ0) is 23.2. The summed E-state index contributed by atoms with van der Waals surface area (Å²) in [6.07, 6.45) is 3.34. The molecular weight excluding hydrogens is 527 g/mol. The maximum atomic E-state index is 13.8. The number of ether oxygens (including phenoxy) is 1. The fourth-order valence-corrected chi connectivity index (χ4v) is 4.88. The van der Waals surface area contributed by atoms with Gasteiger partial charge in [-0.2, -0.15) is 0 Å². The van der Waals surface area contributed by atoms with Crippen LogP contribution in [0.2, 0.25) is 10.0 Å². The van der Waals surface area contributed by atoms with Gasteiger partial charge in [-0.1, -0.05) is 57.3 Å². The molecule has 0 radical (unpaired) electrons. The van der Waals surface area contributed by atoms with E-state index in [4.69, 9.17) is 27.9 Å². The lowest BCUT2D eigenvalue weighted by Gasteiger charge is -2.40. The van der Waals surface area contributed by atoms with Gasteiger partial charge in [-0.25, -0.2) is 0 Å². The van der Waals surface area contributed by atoms with E-state index in [-0.39, 0.29) is 24.5 Å². The summed E-state index contributed by atoms with van der Waals surface area (Å²) in [5, 5.41) is 11.0. The zero-order valence-electron chi connectivity index (χ0n) is 17.6. The predicted octanol–water partition coefficient (Wildman–Crippen LogP) is 5.80. The first-order chi connectivity index (χ1) is 15.9. The molecule has 170 valence electrons. The molecule has 1 aliphatic carbocycles. The van der Waals surface area contributed by atoms with Crippen molar-refractivity contribution in [1.29, 1.82) is 0 Å². The Hall–Kier alpha value is -1.96. The highest BCUT2D eigenvalue weighted by atomic mass is 79.9. The van der Waals surface area contributed by atoms with Gasteiger partial charge >= 0.3 is 0 Å². The number of halogens is 3. The van der Waals surface area contributed by atoms with Gasteiger partial charge in [-0.05, 0) is 49.2 Å². The van der Waals surface area contributed by atoms with E-state index in [9.17, 15) is 9.90 Å². The smallest absolute Gasteiger partial charge is 0.257 e. The maximum Gasteiger partial charge on any atom is 0.257 e. The molecular formula is C25H21BrCl2N2O3. The van der Waals surface area contributed by atoms with Crippen molar-refractivity contribution < 1.29 is 14.6 Å². The van der Waals surface area contributed by atoms with Crippen molar-refractivity contribution in [1.82, 2.24) is 9.88 Å². The number of amides is 1. The maximum absolute atomic E-state index is 13.8. The van der Waals surface area contributed by atoms with Crippen LogP contribution in [0.1, 0.15) is 40.0 Å². The molecule has 1 fully saturated rings. The topological polar surface area (TPSA) is 62.7 Å². The van der Waals surface area contributed by atoms with E-state index < -0.39 is 5.72 Å². The van der Waals surface area contributed by atoms with Gasteiger partial charge in [0.1, 0.15) is 0 Å². The van der Waals surface area contributed by atoms with Gasteiger partial charge in [0.15, 0.2) is 5.72 Å². The Morgan fingerprint density at radius 1 is 1.06 bits per heavy atom. The highest BCUT2D eigenvalue weighted by Gasteiger charge is 2.54. The highest BCUT2D eigenvalue weighted by Crippen LogP contribution is 2.51. The number of hydrogen-bond acceptors (Lipinski definition) is 4. The average molecular weight is 548 g/mol. The third-order valence-corrected chi connectivity index (χ3v) is 7.40. The van der Waals surface area contributed by atoms with Crippen LogP contribution in [0.4, 0.5) is 0 Å². The first-order valence-corrected chi connectivity index (χ1v) is 12.2. The largest absolute Gasteiger partial charge is 0.396 e. The van der Waals surface area contributed by atoms with E-state index in [2.05, 4.69) is 20.9 Å². The number of carbonyl (C=O) groups is 1. The molecule has 2 heterocycles. The molecule has 1 N–H and O–H groups in total. The molecule has 2 aliphatic rings. The number of carbonyl (C=O) groups excluding carboxylic acids is 1. The summed E-state index contributed by atoms with van der Waals surface area (Å²) in [4.78, 5) is 19.9. The van der Waals surface area contributed by atoms with Gasteiger partial charge in [0, 0.05) is 37.8 Å². The summed E-state index contributed by atoms with van der Waals surface area (Å²) < 4.78 is 7.52. The van der Waals surface area contributed by atoms with Crippen LogP contribution in [0.25, 0.3) is 0 Å². The Morgan fingerprint density at radius 2 is 1.79 bits per heavy atom. The van der Waals surface area contributed by atoms with Gasteiger partial charge in [0.05, 0.1) is 30.5 Å². The van der Waals surface area contributed by atoms with Crippen LogP contribution in [0.3, 0.4) is 0 Å². The van der Waals surface area contributed by atoms with Crippen molar-refractivity contribution in [2.75, 3.05) is 13.2 Å². The molecule has 5 rings (SSSR count). The van der Waals surface area contributed by atoms with E-state index in [1.54, 1.807) is 35.4 Å². The van der Waals surface area contributed by atoms with Gasteiger partial charge in [-0.3, -0.25) is 14.7 Å². The zero-order valence-corrected chi connectivity index (χ0v) is 20.7. The number of aliphatic hydroxyl groups excluding tert-OH is 1. The lowest BCUT2D eigenvalue weighted by molar-refractivity contribution is -0.129. The van der Waals surface area contributed by atoms with Crippen molar-refractivity contribution in [2.24, 2.45) is 5.41 Å². The first kappa shape index (κ1) is 22.8. The molecule has 0 bridgehead atoms. The summed E-state index contributed by atoms with van der Waals surface area (Å²) in [7, 11) is 0. The highest BCUT2D eigenvalue weighted by molar-refractivity contribution is 9.10. The molecule has 8 heteroatoms. The molecule has 1 amide bonds. The number of rotatable bonds is 7. The summed E-state index contributed by atoms with van der Waals surface area (Å²) >= 11 is 15.7. The van der Waals surface area contributed by atoms with Crippen LogP contribution in [-0.4, -0.2) is 34.1 Å². The van der Waals surface area contributed by atoms with E-state index in [0.29, 0.717) is 27.9 Å². The second-order valence-electron chi connectivity index (χ2n) is 8.65. The van der Waals surface area contributed by atoms with Crippen molar-refractivity contribution in [3.05, 3.63) is 97.7 Å². The van der Waals surface area contributed by atoms with Crippen molar-refractivity contribution >= 4 is 45.0 Å². The minimum absolute atomic E-state index is 0.0452. The minimum Gasteiger partial charge on any atom is -0.396 e. The van der Waals surface area contributed by atoms with Crippen LogP contribution in [0, 0.1) is 5.41 Å². The number of aliphatic hydroxyl groups is 1. The second-order valence-corrected chi connectivity index (χ2v) is 10.4. The Bertz CT molecular complexity index is 1200. The number of pyridine rings is 1. The van der Waals surface area contributed by atoms with Gasteiger partial charge in [0.25, 0.3) is 5.91 Å². The van der Waals surface area contributed by atoms with Gasteiger partial charge < -0.3 is 9.84 Å². The summed E-state index contributed by atoms with van der Waals surface area (Å²) in [5.41, 5.74) is 1.31. The predicted molar refractivity (Wildman–Crippen MR) is 130 cm³/mol. The molecule has 3 aromatic rings. The lowest BCUT2D eigenvalue weighted by Crippen LogP contribution is -2.47. The monoisotopic (exact) mass is 546 g/mol. The molecule has 5 nitrogen and oxygen atoms in total. The van der Waals surface area contributed by atoms with Crippen LogP contribution in [0.15, 0.2) is 65.3 Å². The molecule has 0 saturated heterocycles. The SMILES string of the molecule is O=C1c2cc(Br)ccc2[C@](OCC2(CO)CC2)(c2ccc(Cl)cc2)N1Cc1ccc(Cl)cn1. The van der Waals surface area contributed by atoms with Gasteiger partial charge in [-0.15, -0.1) is 0 Å². The molecule has 0 spiro atoms. The Kier molecular flexibility index (Phi) is 6.00. The molecule has 2 aromatic carbocycles. The van der Waals surface area contributed by atoms with E-state index >= 15 is 0 Å². The molecule has 1 aromatic heterocycles. The number of fused-ring (bicyclic) bond motifs is 1. The van der Waals surface area contributed by atoms with Crippen molar-refractivity contribution in [2.45, 2.75) is 25.1 Å². The quantitative estimate of drug-likeness (QED) is 0.406. The average Bonchev–Trinajstić information content (AvgIpc) is 3.57. The third kappa shape index (κ3) is 4.08. The molecule has 1 aliphatic heterocycles. The second kappa shape index (κ2) is 8.67. The van der Waals surface area contributed by atoms with Crippen molar-refractivity contribution in [3.8, 4) is 0 Å². The Labute approximate surface area is 210 Å². The Morgan fingerprint density at radius 3 is 2.42 bits per heavy atom. The fourth-order valence-electron chi connectivity index (χ4n) is 4.28. The number of benzene rings is 2. The van der Waals surface area contributed by atoms with E-state index in [1.165, 1.54) is 0 Å². The normalized spacial score (nSPS) is 20.7. The van der Waals surface area contributed by atoms with Crippen LogP contribution < -0.4 is 0 Å². The molecule has 1 saturated carbocycles. The van der Waals surface area contributed by atoms with Crippen LogP contribution in [-0.2, 0) is 17.0 Å². The first-order valence-electron chi connectivity index (χ1n) is 10.6. The van der Waals surface area contributed by atoms with Crippen LogP contribution in [0.5, 0.6) is 0 Å². The van der Waals surface area contributed by atoms with Gasteiger partial charge in [0.2, 0.25) is 0 Å². The summed E-state index contributed by atoms with van der Waals surface area (Å²) in [6.45, 7) is 0.583. The minimum atomic E-state index is -1.19. The number of aromatic nitrogens is 1. The van der Waals surface area contributed by atoms with Crippen molar-refractivity contribution in [3.63, 3.8) is 0 Å². The fraction of sp³-hybridized carbons (Fsp3) is 0.280. The standard InChI is InChI=1S/C25H21BrCl2N2O3/c26-17-3-8-22-21(11-17)23(32)30(13-20-7-6-19(28)12-29-20)25(22,16-1-4-18(27)5-2-16)33-15-24(14-31)9-10-24/h1-8,11-12,31H,9-10,13-15H2/t25-/m1/s1. The van der Waals surface area contributed by atoms with E-state index in [1.807, 2.05) is 30.3 Å². The lowest BCUT2D eigenvalue weighted by atomic mass is 9.93. The third-order valence-electron chi connectivity index (χ3n) is 6.43. The van der Waals surface area contributed by atoms with E-state index in [0.717, 1.165) is 28.4 Å². The molecule has 1 atom stereocenters. The Balaban J connectivity index is 1.67. The number of hydrogen-bond donors (Lipinski definition) is 1.